The summed E-state index contributed by atoms with van der Waals surface area (Å²) in [7, 11) is 2.37. The minimum atomic E-state index is -0.184. The van der Waals surface area contributed by atoms with Gasteiger partial charge >= 0.3 is 0 Å². The molecule has 0 radical (unpaired) electrons. The Morgan fingerprint density at radius 1 is 0.500 bits per heavy atom. The molecule has 0 amide bonds. The van der Waals surface area contributed by atoms with E-state index in [4.69, 9.17) is 10.1 Å². The molecule has 16 rings (SSSR count). The predicted octanol–water partition coefficient (Wildman–Crippen LogP) is 13.6. The number of hydrogen-bond donors (Lipinski definition) is 0. The van der Waals surface area contributed by atoms with Crippen molar-refractivity contribution in [2.75, 3.05) is 12.3 Å². The zero-order valence-corrected chi connectivity index (χ0v) is 39.6. The van der Waals surface area contributed by atoms with E-state index in [0.717, 1.165) is 20.6 Å². The van der Waals surface area contributed by atoms with Crippen LogP contribution < -0.4 is 0 Å². The van der Waals surface area contributed by atoms with Crippen molar-refractivity contribution in [2.24, 2.45) is 71.0 Å². The number of nitrogens with zero attached hydrogens (tertiary/aromatic N) is 1. The quantitative estimate of drug-likeness (QED) is 0.100. The van der Waals surface area contributed by atoms with Gasteiger partial charge in [-0.1, -0.05) is 13.8 Å². The monoisotopic (exact) mass is 896 g/mol. The Bertz CT molecular complexity index is 1080. The molecule has 0 N–H and O–H groups in total. The van der Waals surface area contributed by atoms with Crippen LogP contribution in [0.1, 0.15) is 188 Å². The third-order valence-corrected chi connectivity index (χ3v) is 29.4. The van der Waals surface area contributed by atoms with Crippen LogP contribution in [0.15, 0.2) is 0 Å². The molecule has 0 saturated heterocycles. The maximum absolute atomic E-state index is 8.89. The van der Waals surface area contributed by atoms with E-state index >= 15 is 0 Å². The van der Waals surface area contributed by atoms with Gasteiger partial charge in [0.05, 0.1) is 39.0 Å². The summed E-state index contributed by atoms with van der Waals surface area (Å²) in [6.07, 6.45) is 46.5. The minimum Gasteiger partial charge on any atom is -0.642 e. The molecule has 0 aromatic carbocycles. The summed E-state index contributed by atoms with van der Waals surface area (Å²) in [6.45, 7) is 6.73. The second-order valence-corrected chi connectivity index (χ2v) is 30.9. The number of ether oxygens (including phenoxy) is 1. The van der Waals surface area contributed by atoms with Gasteiger partial charge in [0.2, 0.25) is 0 Å². The van der Waals surface area contributed by atoms with Crippen molar-refractivity contribution in [1.29, 1.82) is 5.26 Å². The number of carbonyl (C=O) groups excluding carboxylic acids is 1. The van der Waals surface area contributed by atoms with E-state index < -0.39 is 0 Å². The molecular formula is C50H82NO2P2Pd+. The third kappa shape index (κ3) is 8.01. The van der Waals surface area contributed by atoms with E-state index in [0.29, 0.717) is 0 Å². The first-order chi connectivity index (χ1) is 26.7. The van der Waals surface area contributed by atoms with E-state index in [1.165, 1.54) is 90.8 Å². The summed E-state index contributed by atoms with van der Waals surface area (Å²) in [5, 5.41) is 11.0. The van der Waals surface area contributed by atoms with Crippen molar-refractivity contribution in [2.45, 2.75) is 208 Å². The molecular weight excluding hydrogens is 815 g/mol. The van der Waals surface area contributed by atoms with Crippen molar-refractivity contribution >= 4 is 22.3 Å². The third-order valence-electron chi connectivity index (χ3n) is 19.8. The van der Waals surface area contributed by atoms with Crippen LogP contribution in [-0.2, 0) is 30.0 Å². The van der Waals surface area contributed by atoms with Gasteiger partial charge in [0.25, 0.3) is 6.47 Å². The fourth-order valence-corrected chi connectivity index (χ4v) is 32.4. The predicted molar refractivity (Wildman–Crippen MR) is 234 cm³/mol. The Morgan fingerprint density at radius 3 is 0.750 bits per heavy atom. The molecule has 16 aliphatic carbocycles. The van der Waals surface area contributed by atoms with Crippen molar-refractivity contribution in [3.63, 3.8) is 0 Å². The molecule has 0 unspecified atom stereocenters. The molecule has 3 nitrogen and oxygen atoms in total. The summed E-state index contributed by atoms with van der Waals surface area (Å²) >= 11 is 0. The topological polar surface area (TPSA) is 50.1 Å². The molecule has 0 atom stereocenters. The Balaban J connectivity index is 0.000000134. The molecule has 0 aromatic rings. The molecule has 0 aromatic heterocycles. The van der Waals surface area contributed by atoms with Gasteiger partial charge < -0.3 is 4.74 Å². The van der Waals surface area contributed by atoms with Gasteiger partial charge in [-0.05, 0) is 238 Å². The van der Waals surface area contributed by atoms with Crippen LogP contribution in [0, 0.1) is 89.5 Å². The van der Waals surface area contributed by atoms with Crippen LogP contribution >= 0.6 is 15.8 Å². The molecule has 16 fully saturated rings. The van der Waals surface area contributed by atoms with E-state index in [1.54, 1.807) is 172 Å². The van der Waals surface area contributed by atoms with Crippen LogP contribution in [0.5, 0.6) is 0 Å². The minimum absolute atomic E-state index is 0. The van der Waals surface area contributed by atoms with Crippen LogP contribution in [0.25, 0.3) is 0 Å². The van der Waals surface area contributed by atoms with Gasteiger partial charge in [0.1, 0.15) is 0 Å². The first-order valence-corrected chi connectivity index (χ1v) is 28.0. The van der Waals surface area contributed by atoms with E-state index in [9.17, 15) is 0 Å². The van der Waals surface area contributed by atoms with E-state index in [-0.39, 0.29) is 42.7 Å². The zero-order valence-electron chi connectivity index (χ0n) is 36.1. The smallest absolute Gasteiger partial charge is 0.261 e. The molecule has 0 spiro atoms. The van der Waals surface area contributed by atoms with Crippen LogP contribution in [0.2, 0.25) is 0 Å². The first-order valence-electron chi connectivity index (χ1n) is 24.5. The molecule has 16 aliphatic rings. The fourth-order valence-electron chi connectivity index (χ4n) is 20.6. The molecule has 318 valence electrons. The Kier molecular flexibility index (Phi) is 13.4. The van der Waals surface area contributed by atoms with Gasteiger partial charge in [-0.3, -0.25) is 4.79 Å². The number of rotatable bonds is 9. The molecule has 0 aliphatic heterocycles. The summed E-state index contributed by atoms with van der Waals surface area (Å²) in [5.41, 5.74) is 0. The summed E-state index contributed by atoms with van der Waals surface area (Å²) in [4.78, 5) is 8.89. The maximum Gasteiger partial charge on any atom is 0.261 e. The number of nitriles is 1. The second-order valence-electron chi connectivity index (χ2n) is 23.7. The van der Waals surface area contributed by atoms with E-state index in [2.05, 4.69) is 25.7 Å². The van der Waals surface area contributed by atoms with Crippen molar-refractivity contribution in [1.82, 2.24) is 0 Å². The Labute approximate surface area is 360 Å². The second kappa shape index (κ2) is 17.3. The summed E-state index contributed by atoms with van der Waals surface area (Å²) in [6, 6.07) is 1.75. The van der Waals surface area contributed by atoms with Crippen LogP contribution in [0.3, 0.4) is 0 Å². The number of carbonyl (C=O) groups is 1. The zero-order chi connectivity index (χ0) is 38.0. The molecule has 16 saturated carbocycles. The Hall–Kier alpha value is 0.482. The molecule has 0 heterocycles. The van der Waals surface area contributed by atoms with Gasteiger partial charge in [-0.2, -0.15) is 12.4 Å². The van der Waals surface area contributed by atoms with E-state index in [1.807, 2.05) is 0 Å². The van der Waals surface area contributed by atoms with Gasteiger partial charge in [-0.15, -0.1) is 0 Å². The van der Waals surface area contributed by atoms with Gasteiger partial charge in [0.15, 0.2) is 0 Å². The van der Waals surface area contributed by atoms with Gasteiger partial charge in [-0.25, -0.2) is 0 Å². The van der Waals surface area contributed by atoms with Gasteiger partial charge in [0, 0.05) is 43.2 Å². The standard InChI is InChI=1S/2C23H37P.C2H3N.C2H3O2.Pd/c2*1-2-3-24(22-10-16-4-17(11-22)6-18(5-16)12-22)23-13-19-7-20(14-23)9-21(8-19)15-23;1-2-3;1-4-2-3;/h2*16-21H,2-15H2,1H3;1H3;2H,1H2;/q;;;-1;/p+2. The van der Waals surface area contributed by atoms with Crippen LogP contribution in [0.4, 0.5) is 0 Å². The fraction of sp³-hybridized carbons (Fsp3) is 0.940. The molecule has 56 heavy (non-hydrogen) atoms. The summed E-state index contributed by atoms with van der Waals surface area (Å²) in [5.74, 6) is 14.0. The molecule has 6 heteroatoms. The average Bonchev–Trinajstić information content (AvgIpc) is 3.11. The number of hydrogen-bond acceptors (Lipinski definition) is 3. The summed E-state index contributed by atoms with van der Waals surface area (Å²) < 4.78 is 3.61. The van der Waals surface area contributed by atoms with Crippen molar-refractivity contribution in [3.8, 4) is 6.07 Å². The first kappa shape index (κ1) is 43.1. The maximum atomic E-state index is 8.89. The average molecular weight is 898 g/mol. The normalized spacial score (nSPS) is 50.6. The van der Waals surface area contributed by atoms with Crippen molar-refractivity contribution in [3.05, 3.63) is 7.11 Å². The van der Waals surface area contributed by atoms with Crippen LogP contribution in [-0.4, -0.2) is 39.4 Å². The van der Waals surface area contributed by atoms with Crippen molar-refractivity contribution < 1.29 is 30.0 Å². The molecule has 16 bridgehead atoms. The largest absolute Gasteiger partial charge is 0.642 e. The SMILES string of the molecule is CC#N.CCC[PH+](C12CC3CC(CC(C3)C1)C2)C12CC3CC(CC(C3)C1)C2.CCC[PH+](C12CC3CC(CC(C3)C1)C2)C12CC3CC(CC(C3)C1)C2.[CH2-]OC=O.[Pd]. The Morgan fingerprint density at radius 2 is 0.643 bits per heavy atom.